The normalized spacial score (nSPS) is 11.7. The van der Waals surface area contributed by atoms with Crippen LogP contribution in [-0.4, -0.2) is 33.9 Å². The van der Waals surface area contributed by atoms with Crippen molar-refractivity contribution < 1.29 is 9.90 Å². The number of nitrogens with one attached hydrogen (secondary N) is 1. The average molecular weight is 281 g/mol. The van der Waals surface area contributed by atoms with E-state index in [2.05, 4.69) is 24.3 Å². The summed E-state index contributed by atoms with van der Waals surface area (Å²) in [5, 5.41) is 16.5. The molecule has 5 nitrogen and oxygen atoms in total. The summed E-state index contributed by atoms with van der Waals surface area (Å²) in [7, 11) is 1.84. The molecule has 0 bridgehead atoms. The summed E-state index contributed by atoms with van der Waals surface area (Å²) in [4.78, 5) is 12.4. The van der Waals surface area contributed by atoms with Crippen LogP contribution in [0.3, 0.4) is 0 Å². The van der Waals surface area contributed by atoms with E-state index in [4.69, 9.17) is 0 Å². The van der Waals surface area contributed by atoms with Gasteiger partial charge in [0.2, 0.25) is 0 Å². The summed E-state index contributed by atoms with van der Waals surface area (Å²) in [6.45, 7) is 8.70. The van der Waals surface area contributed by atoms with E-state index in [9.17, 15) is 9.90 Å². The number of rotatable bonds is 7. The van der Waals surface area contributed by atoms with Crippen molar-refractivity contribution in [3.05, 3.63) is 17.0 Å². The van der Waals surface area contributed by atoms with Crippen LogP contribution in [0.25, 0.3) is 0 Å². The Morgan fingerprint density at radius 2 is 1.95 bits per heavy atom. The number of hydrogen-bond donors (Lipinski definition) is 2. The van der Waals surface area contributed by atoms with Gasteiger partial charge in [0.1, 0.15) is 0 Å². The Hall–Kier alpha value is -1.36. The highest BCUT2D eigenvalue weighted by Crippen LogP contribution is 2.29. The minimum Gasteiger partial charge on any atom is -0.396 e. The van der Waals surface area contributed by atoms with E-state index in [1.165, 1.54) is 0 Å². The van der Waals surface area contributed by atoms with Gasteiger partial charge in [0.15, 0.2) is 0 Å². The van der Waals surface area contributed by atoms with Crippen molar-refractivity contribution in [3.63, 3.8) is 0 Å². The summed E-state index contributed by atoms with van der Waals surface area (Å²) < 4.78 is 1.73. The van der Waals surface area contributed by atoms with Gasteiger partial charge in [0.25, 0.3) is 5.91 Å². The van der Waals surface area contributed by atoms with Crippen LogP contribution in [0.1, 0.15) is 54.9 Å². The molecule has 1 rings (SSSR count). The van der Waals surface area contributed by atoms with Crippen LogP contribution in [0.2, 0.25) is 0 Å². The van der Waals surface area contributed by atoms with E-state index in [1.54, 1.807) is 4.68 Å². The van der Waals surface area contributed by atoms with Crippen molar-refractivity contribution in [2.24, 2.45) is 12.5 Å². The van der Waals surface area contributed by atoms with Crippen LogP contribution < -0.4 is 5.32 Å². The molecule has 0 radical (unpaired) electrons. The van der Waals surface area contributed by atoms with Crippen molar-refractivity contribution in [2.75, 3.05) is 13.2 Å². The second kappa shape index (κ2) is 6.88. The van der Waals surface area contributed by atoms with Crippen LogP contribution in [0.4, 0.5) is 0 Å². The molecule has 114 valence electrons. The predicted octanol–water partition coefficient (Wildman–Crippen LogP) is 1.96. The van der Waals surface area contributed by atoms with Gasteiger partial charge in [0.05, 0.1) is 11.3 Å². The Morgan fingerprint density at radius 1 is 1.35 bits per heavy atom. The number of aliphatic hydroxyl groups excluding tert-OH is 1. The number of amides is 1. The SMILES string of the molecule is CCC(CC)(CCO)CNC(=O)c1c(C)nn(C)c1C. The van der Waals surface area contributed by atoms with Crippen LogP contribution in [0.5, 0.6) is 0 Å². The van der Waals surface area contributed by atoms with Gasteiger partial charge in [-0.25, -0.2) is 0 Å². The van der Waals surface area contributed by atoms with Gasteiger partial charge in [-0.2, -0.15) is 5.10 Å². The molecule has 0 atom stereocenters. The fourth-order valence-electron chi connectivity index (χ4n) is 2.64. The largest absolute Gasteiger partial charge is 0.396 e. The third-order valence-corrected chi connectivity index (χ3v) is 4.50. The summed E-state index contributed by atoms with van der Waals surface area (Å²) in [6.07, 6.45) is 2.59. The lowest BCUT2D eigenvalue weighted by molar-refractivity contribution is 0.0906. The number of aliphatic hydroxyl groups is 1. The number of aryl methyl sites for hydroxylation is 2. The van der Waals surface area contributed by atoms with E-state index in [1.807, 2.05) is 20.9 Å². The Morgan fingerprint density at radius 3 is 2.35 bits per heavy atom. The average Bonchev–Trinajstić information content (AvgIpc) is 2.68. The molecule has 0 spiro atoms. The Labute approximate surface area is 121 Å². The summed E-state index contributed by atoms with van der Waals surface area (Å²) in [6, 6.07) is 0. The number of aromatic nitrogens is 2. The van der Waals surface area contributed by atoms with Crippen molar-refractivity contribution >= 4 is 5.91 Å². The molecule has 0 fully saturated rings. The van der Waals surface area contributed by atoms with Crippen molar-refractivity contribution in [2.45, 2.75) is 47.0 Å². The van der Waals surface area contributed by atoms with Crippen molar-refractivity contribution in [3.8, 4) is 0 Å². The van der Waals surface area contributed by atoms with Crippen molar-refractivity contribution in [1.82, 2.24) is 15.1 Å². The maximum Gasteiger partial charge on any atom is 0.255 e. The van der Waals surface area contributed by atoms with Gasteiger partial charge < -0.3 is 10.4 Å². The molecular weight excluding hydrogens is 254 g/mol. The van der Waals surface area contributed by atoms with Gasteiger partial charge in [-0.05, 0) is 38.5 Å². The zero-order valence-corrected chi connectivity index (χ0v) is 13.3. The molecule has 1 aromatic rings. The number of nitrogens with zero attached hydrogens (tertiary/aromatic N) is 2. The number of carbonyl (C=O) groups is 1. The Bertz CT molecular complexity index is 462. The van der Waals surface area contributed by atoms with Gasteiger partial charge in [0, 0.05) is 25.9 Å². The van der Waals surface area contributed by atoms with Crippen LogP contribution in [0.15, 0.2) is 0 Å². The first-order chi connectivity index (χ1) is 9.40. The lowest BCUT2D eigenvalue weighted by Crippen LogP contribution is -2.38. The van der Waals surface area contributed by atoms with Gasteiger partial charge in [-0.15, -0.1) is 0 Å². The molecule has 20 heavy (non-hydrogen) atoms. The molecule has 0 saturated heterocycles. The van der Waals surface area contributed by atoms with E-state index >= 15 is 0 Å². The van der Waals surface area contributed by atoms with E-state index in [-0.39, 0.29) is 17.9 Å². The standard InChI is InChI=1S/C15H27N3O2/c1-6-15(7-2,8-9-19)10-16-14(20)13-11(3)17-18(5)12(13)4/h19H,6-10H2,1-5H3,(H,16,20). The second-order valence-electron chi connectivity index (χ2n) is 5.53. The zero-order valence-electron chi connectivity index (χ0n) is 13.3. The van der Waals surface area contributed by atoms with Crippen molar-refractivity contribution in [1.29, 1.82) is 0 Å². The quantitative estimate of drug-likeness (QED) is 0.803. The molecule has 0 unspecified atom stereocenters. The maximum atomic E-state index is 12.4. The molecule has 0 aliphatic rings. The fraction of sp³-hybridized carbons (Fsp3) is 0.733. The third kappa shape index (κ3) is 3.39. The highest BCUT2D eigenvalue weighted by Gasteiger charge is 2.27. The van der Waals surface area contributed by atoms with Gasteiger partial charge in [-0.1, -0.05) is 13.8 Å². The maximum absolute atomic E-state index is 12.4. The molecule has 1 heterocycles. The Balaban J connectivity index is 2.80. The monoisotopic (exact) mass is 281 g/mol. The van der Waals surface area contributed by atoms with Crippen LogP contribution in [-0.2, 0) is 7.05 Å². The minimum absolute atomic E-state index is 0.0194. The molecule has 0 aromatic carbocycles. The molecular formula is C15H27N3O2. The first-order valence-corrected chi connectivity index (χ1v) is 7.30. The molecule has 2 N–H and O–H groups in total. The smallest absolute Gasteiger partial charge is 0.255 e. The highest BCUT2D eigenvalue weighted by molar-refractivity contribution is 5.96. The first kappa shape index (κ1) is 16.7. The van der Waals surface area contributed by atoms with Gasteiger partial charge in [-0.3, -0.25) is 9.48 Å². The summed E-state index contributed by atoms with van der Waals surface area (Å²) in [5.41, 5.74) is 2.27. The number of carbonyl (C=O) groups excluding carboxylic acids is 1. The van der Waals surface area contributed by atoms with E-state index in [0.29, 0.717) is 18.5 Å². The second-order valence-corrected chi connectivity index (χ2v) is 5.53. The third-order valence-electron chi connectivity index (χ3n) is 4.50. The topological polar surface area (TPSA) is 67.2 Å². The lowest BCUT2D eigenvalue weighted by Gasteiger charge is -2.31. The lowest BCUT2D eigenvalue weighted by atomic mass is 9.79. The van der Waals surface area contributed by atoms with Crippen LogP contribution >= 0.6 is 0 Å². The van der Waals surface area contributed by atoms with E-state index < -0.39 is 0 Å². The molecule has 5 heteroatoms. The highest BCUT2D eigenvalue weighted by atomic mass is 16.3. The zero-order chi connectivity index (χ0) is 15.3. The molecule has 1 aromatic heterocycles. The molecule has 0 aliphatic heterocycles. The van der Waals surface area contributed by atoms with E-state index in [0.717, 1.165) is 24.2 Å². The Kier molecular flexibility index (Phi) is 5.74. The predicted molar refractivity (Wildman–Crippen MR) is 79.7 cm³/mol. The first-order valence-electron chi connectivity index (χ1n) is 7.30. The van der Waals surface area contributed by atoms with Gasteiger partial charge >= 0.3 is 0 Å². The summed E-state index contributed by atoms with van der Waals surface area (Å²) in [5.74, 6) is -0.0719. The molecule has 0 aliphatic carbocycles. The molecule has 0 saturated carbocycles. The minimum atomic E-state index is -0.0719. The van der Waals surface area contributed by atoms with Crippen LogP contribution in [0, 0.1) is 19.3 Å². The summed E-state index contributed by atoms with van der Waals surface area (Å²) >= 11 is 0. The fourth-order valence-corrected chi connectivity index (χ4v) is 2.64. The number of hydrogen-bond acceptors (Lipinski definition) is 3. The molecule has 1 amide bonds.